The zero-order chi connectivity index (χ0) is 17.2. The number of ketones is 1. The number of fused-ring (bicyclic) bond motifs is 6. The minimum absolute atomic E-state index is 0.244. The Morgan fingerprint density at radius 3 is 2.88 bits per heavy atom. The van der Waals surface area contributed by atoms with Crippen molar-refractivity contribution in [1.29, 1.82) is 0 Å². The molecular weight excluding hydrogens is 304 g/mol. The zero-order valence-electron chi connectivity index (χ0n) is 15.3. The van der Waals surface area contributed by atoms with Crippen molar-refractivity contribution in [2.24, 2.45) is 5.92 Å². The highest BCUT2D eigenvalue weighted by Crippen LogP contribution is 2.59. The highest BCUT2D eigenvalue weighted by atomic mass is 16.1. The molecule has 0 saturated heterocycles. The van der Waals surface area contributed by atoms with Crippen molar-refractivity contribution in [2.75, 3.05) is 0 Å². The van der Waals surface area contributed by atoms with Gasteiger partial charge in [0.1, 0.15) is 0 Å². The van der Waals surface area contributed by atoms with Gasteiger partial charge < -0.3 is 0 Å². The van der Waals surface area contributed by atoms with Gasteiger partial charge in [0, 0.05) is 17.4 Å². The standard InChI is InChI=1S/C24H26O/c1-3-15(2)19-6-4-5-17-12-22-21(13-20(17)19)23(25)9-10-24(22)14-16-7-8-18(24)11-16/h4-7,12-13,15,18H,3,8-11,14H2,1-2H3. The van der Waals surface area contributed by atoms with Crippen LogP contribution in [0.15, 0.2) is 42.0 Å². The van der Waals surface area contributed by atoms with E-state index >= 15 is 0 Å². The lowest BCUT2D eigenvalue weighted by Crippen LogP contribution is -2.37. The van der Waals surface area contributed by atoms with E-state index in [2.05, 4.69) is 50.3 Å². The van der Waals surface area contributed by atoms with Gasteiger partial charge in [-0.05, 0) is 78.0 Å². The average Bonchev–Trinajstić information content (AvgIpc) is 3.24. The summed E-state index contributed by atoms with van der Waals surface area (Å²) < 4.78 is 0. The Hall–Kier alpha value is -1.89. The highest BCUT2D eigenvalue weighted by molar-refractivity contribution is 6.04. The fraction of sp³-hybridized carbons (Fsp3) is 0.458. The average molecular weight is 330 g/mol. The van der Waals surface area contributed by atoms with Crippen LogP contribution in [0.2, 0.25) is 0 Å². The second-order valence-electron chi connectivity index (χ2n) is 8.53. The van der Waals surface area contributed by atoms with E-state index in [4.69, 9.17) is 0 Å². The lowest BCUT2D eigenvalue weighted by atomic mass is 9.62. The van der Waals surface area contributed by atoms with Gasteiger partial charge in [-0.3, -0.25) is 4.79 Å². The topological polar surface area (TPSA) is 17.1 Å². The van der Waals surface area contributed by atoms with Gasteiger partial charge in [0.25, 0.3) is 0 Å². The summed E-state index contributed by atoms with van der Waals surface area (Å²) in [5, 5.41) is 2.62. The predicted octanol–water partition coefficient (Wildman–Crippen LogP) is 6.31. The Bertz CT molecular complexity index is 919. The monoisotopic (exact) mass is 330 g/mol. The number of Topliss-reactive ketones (excluding diaryl/α,β-unsaturated/α-hetero) is 1. The first-order valence-electron chi connectivity index (χ1n) is 9.90. The van der Waals surface area contributed by atoms with Gasteiger partial charge in [0.2, 0.25) is 0 Å². The molecule has 0 radical (unpaired) electrons. The van der Waals surface area contributed by atoms with Crippen molar-refractivity contribution >= 4 is 16.6 Å². The Balaban J connectivity index is 1.76. The molecule has 128 valence electrons. The molecule has 2 aromatic carbocycles. The van der Waals surface area contributed by atoms with E-state index in [1.54, 1.807) is 5.57 Å². The van der Waals surface area contributed by atoms with Crippen LogP contribution in [0.4, 0.5) is 0 Å². The summed E-state index contributed by atoms with van der Waals surface area (Å²) in [4.78, 5) is 12.8. The Morgan fingerprint density at radius 1 is 1.28 bits per heavy atom. The van der Waals surface area contributed by atoms with Crippen molar-refractivity contribution in [1.82, 2.24) is 0 Å². The highest BCUT2D eigenvalue weighted by Gasteiger charge is 2.51. The molecule has 1 nitrogen and oxygen atoms in total. The number of benzene rings is 2. The van der Waals surface area contributed by atoms with Crippen LogP contribution in [0.1, 0.15) is 79.8 Å². The van der Waals surface area contributed by atoms with E-state index in [9.17, 15) is 4.79 Å². The van der Waals surface area contributed by atoms with E-state index < -0.39 is 0 Å². The molecule has 0 aromatic heterocycles. The van der Waals surface area contributed by atoms with E-state index in [0.717, 1.165) is 30.7 Å². The molecule has 1 fully saturated rings. The quantitative estimate of drug-likeness (QED) is 0.590. The molecule has 1 spiro atoms. The molecule has 3 aliphatic carbocycles. The predicted molar refractivity (Wildman–Crippen MR) is 103 cm³/mol. The summed E-state index contributed by atoms with van der Waals surface area (Å²) >= 11 is 0. The van der Waals surface area contributed by atoms with Crippen LogP contribution in [0.3, 0.4) is 0 Å². The van der Waals surface area contributed by atoms with Crippen molar-refractivity contribution in [3.8, 4) is 0 Å². The number of allylic oxidation sites excluding steroid dienone is 2. The second kappa shape index (κ2) is 5.30. The number of hydrogen-bond acceptors (Lipinski definition) is 1. The van der Waals surface area contributed by atoms with Crippen molar-refractivity contribution in [3.05, 3.63) is 58.7 Å². The zero-order valence-corrected chi connectivity index (χ0v) is 15.3. The Kier molecular flexibility index (Phi) is 3.26. The van der Waals surface area contributed by atoms with Gasteiger partial charge >= 0.3 is 0 Å². The summed E-state index contributed by atoms with van der Waals surface area (Å²) in [6.45, 7) is 4.53. The summed E-state index contributed by atoms with van der Waals surface area (Å²) in [7, 11) is 0. The van der Waals surface area contributed by atoms with Crippen LogP contribution in [-0.2, 0) is 5.41 Å². The Morgan fingerprint density at radius 2 is 2.16 bits per heavy atom. The molecule has 25 heavy (non-hydrogen) atoms. The normalized spacial score (nSPS) is 28.5. The number of hydrogen-bond donors (Lipinski definition) is 0. The third kappa shape index (κ3) is 2.05. The van der Waals surface area contributed by atoms with Crippen LogP contribution in [0.25, 0.3) is 10.8 Å². The molecule has 3 atom stereocenters. The van der Waals surface area contributed by atoms with E-state index in [0.29, 0.717) is 11.7 Å². The molecule has 0 amide bonds. The van der Waals surface area contributed by atoms with Crippen LogP contribution in [0, 0.1) is 5.92 Å². The largest absolute Gasteiger partial charge is 0.294 e. The van der Waals surface area contributed by atoms with Crippen LogP contribution < -0.4 is 0 Å². The third-order valence-corrected chi connectivity index (χ3v) is 7.35. The maximum absolute atomic E-state index is 12.8. The van der Waals surface area contributed by atoms with Gasteiger partial charge in [-0.25, -0.2) is 0 Å². The first-order chi connectivity index (χ1) is 12.1. The van der Waals surface area contributed by atoms with Gasteiger partial charge in [-0.1, -0.05) is 43.7 Å². The van der Waals surface area contributed by atoms with E-state index in [-0.39, 0.29) is 5.41 Å². The van der Waals surface area contributed by atoms with Crippen molar-refractivity contribution in [2.45, 2.75) is 63.7 Å². The molecular formula is C24H26O. The molecule has 0 heterocycles. The molecule has 0 N–H and O–H groups in total. The lowest BCUT2D eigenvalue weighted by molar-refractivity contribution is 0.0940. The van der Waals surface area contributed by atoms with Gasteiger partial charge in [0.15, 0.2) is 5.78 Å². The van der Waals surface area contributed by atoms with E-state index in [1.807, 2.05) is 0 Å². The molecule has 1 saturated carbocycles. The third-order valence-electron chi connectivity index (χ3n) is 7.35. The molecule has 5 rings (SSSR count). The fourth-order valence-electron chi connectivity index (χ4n) is 5.76. The molecule has 3 aliphatic rings. The maximum atomic E-state index is 12.8. The molecule has 2 aromatic rings. The molecule has 3 unspecified atom stereocenters. The van der Waals surface area contributed by atoms with Crippen molar-refractivity contribution < 1.29 is 4.79 Å². The fourth-order valence-corrected chi connectivity index (χ4v) is 5.76. The van der Waals surface area contributed by atoms with Gasteiger partial charge in [-0.15, -0.1) is 0 Å². The minimum Gasteiger partial charge on any atom is -0.294 e. The number of rotatable bonds is 2. The summed E-state index contributed by atoms with van der Waals surface area (Å²) in [6.07, 6.45) is 9.03. The molecule has 0 aliphatic heterocycles. The lowest BCUT2D eigenvalue weighted by Gasteiger charge is -2.41. The second-order valence-corrected chi connectivity index (χ2v) is 8.53. The summed E-state index contributed by atoms with van der Waals surface area (Å²) in [5.74, 6) is 1.62. The molecule has 1 heteroatoms. The minimum atomic E-state index is 0.244. The number of carbonyl (C=O) groups is 1. The maximum Gasteiger partial charge on any atom is 0.163 e. The van der Waals surface area contributed by atoms with Crippen LogP contribution in [-0.4, -0.2) is 5.78 Å². The van der Waals surface area contributed by atoms with Crippen molar-refractivity contribution in [3.63, 3.8) is 0 Å². The van der Waals surface area contributed by atoms with E-state index in [1.165, 1.54) is 41.2 Å². The van der Waals surface area contributed by atoms with Crippen LogP contribution >= 0.6 is 0 Å². The van der Waals surface area contributed by atoms with Crippen LogP contribution in [0.5, 0.6) is 0 Å². The smallest absolute Gasteiger partial charge is 0.163 e. The first-order valence-corrected chi connectivity index (χ1v) is 9.90. The van der Waals surface area contributed by atoms with Gasteiger partial charge in [0.05, 0.1) is 0 Å². The number of carbonyl (C=O) groups excluding carboxylic acids is 1. The SMILES string of the molecule is CCC(C)c1cccc2cc3c(cc12)C(=O)CCC31CC2=CCC1C2. The first kappa shape index (κ1) is 15.4. The Labute approximate surface area is 150 Å². The summed E-state index contributed by atoms with van der Waals surface area (Å²) in [5.41, 5.74) is 5.67. The summed E-state index contributed by atoms with van der Waals surface area (Å²) in [6, 6.07) is 11.3. The molecule has 2 bridgehead atoms. The van der Waals surface area contributed by atoms with Gasteiger partial charge in [-0.2, -0.15) is 0 Å².